The van der Waals surface area contributed by atoms with Crippen molar-refractivity contribution in [2.45, 2.75) is 380 Å². The molecular formula is C70H130O6. The SMILES string of the molecule is CCCCCCC/C=C\C/C=C\C/C=C\CCCCCCCCCCC(=O)OCC(COC(=O)CCCCCCCCCCCCCCCC)OC(=O)CCCCCCCCCCCCCCCCCCCCCCC. The minimum Gasteiger partial charge on any atom is -0.462 e. The zero-order valence-electron chi connectivity index (χ0n) is 51.3. The summed E-state index contributed by atoms with van der Waals surface area (Å²) in [7, 11) is 0. The van der Waals surface area contributed by atoms with Crippen LogP contribution in [-0.4, -0.2) is 37.2 Å². The van der Waals surface area contributed by atoms with E-state index < -0.39 is 6.10 Å². The third-order valence-corrected chi connectivity index (χ3v) is 15.4. The molecule has 0 aromatic heterocycles. The van der Waals surface area contributed by atoms with Gasteiger partial charge in [0, 0.05) is 19.3 Å². The fourth-order valence-electron chi connectivity index (χ4n) is 10.3. The molecule has 6 heteroatoms. The second-order valence-corrected chi connectivity index (χ2v) is 23.1. The molecule has 0 heterocycles. The van der Waals surface area contributed by atoms with E-state index in [2.05, 4.69) is 57.2 Å². The number of hydrogen-bond donors (Lipinski definition) is 0. The van der Waals surface area contributed by atoms with E-state index in [1.54, 1.807) is 0 Å². The van der Waals surface area contributed by atoms with Crippen molar-refractivity contribution in [3.8, 4) is 0 Å². The van der Waals surface area contributed by atoms with Crippen LogP contribution >= 0.6 is 0 Å². The molecule has 0 bridgehead atoms. The summed E-state index contributed by atoms with van der Waals surface area (Å²) in [5.74, 6) is -0.847. The number of esters is 3. The molecule has 0 radical (unpaired) electrons. The Morgan fingerprint density at radius 2 is 0.474 bits per heavy atom. The summed E-state index contributed by atoms with van der Waals surface area (Å²) in [5, 5.41) is 0. The molecule has 446 valence electrons. The van der Waals surface area contributed by atoms with Gasteiger partial charge in [0.2, 0.25) is 0 Å². The second kappa shape index (κ2) is 65.2. The van der Waals surface area contributed by atoms with Crippen molar-refractivity contribution in [1.29, 1.82) is 0 Å². The van der Waals surface area contributed by atoms with Crippen LogP contribution < -0.4 is 0 Å². The van der Waals surface area contributed by atoms with E-state index in [-0.39, 0.29) is 31.1 Å². The van der Waals surface area contributed by atoms with Crippen molar-refractivity contribution in [3.63, 3.8) is 0 Å². The molecule has 0 aromatic rings. The van der Waals surface area contributed by atoms with Crippen molar-refractivity contribution in [3.05, 3.63) is 36.5 Å². The summed E-state index contributed by atoms with van der Waals surface area (Å²) in [5.41, 5.74) is 0. The van der Waals surface area contributed by atoms with E-state index in [9.17, 15) is 14.4 Å². The smallest absolute Gasteiger partial charge is 0.306 e. The molecule has 76 heavy (non-hydrogen) atoms. The first-order valence-corrected chi connectivity index (χ1v) is 34.0. The number of hydrogen-bond acceptors (Lipinski definition) is 6. The third-order valence-electron chi connectivity index (χ3n) is 15.4. The Kier molecular flexibility index (Phi) is 63.1. The highest BCUT2D eigenvalue weighted by atomic mass is 16.6. The number of carbonyl (C=O) groups excluding carboxylic acids is 3. The number of ether oxygens (including phenoxy) is 3. The van der Waals surface area contributed by atoms with Gasteiger partial charge in [0.1, 0.15) is 13.2 Å². The topological polar surface area (TPSA) is 78.9 Å². The molecule has 0 aliphatic heterocycles. The average Bonchev–Trinajstić information content (AvgIpc) is 3.42. The lowest BCUT2D eigenvalue weighted by molar-refractivity contribution is -0.167. The van der Waals surface area contributed by atoms with Crippen LogP contribution in [0.3, 0.4) is 0 Å². The number of rotatable bonds is 63. The van der Waals surface area contributed by atoms with E-state index in [1.807, 2.05) is 0 Å². The van der Waals surface area contributed by atoms with Crippen LogP contribution in [0.5, 0.6) is 0 Å². The van der Waals surface area contributed by atoms with E-state index >= 15 is 0 Å². The molecule has 0 saturated heterocycles. The lowest BCUT2D eigenvalue weighted by Crippen LogP contribution is -2.30. The standard InChI is InChI=1S/C70H130O6/c1-4-7-10-13-16-19-22-25-28-30-32-34-35-37-38-40-42-45-48-51-54-57-60-63-69(72)75-66-67(65-74-68(71)62-59-56-53-50-47-44-27-24-21-18-15-12-9-6-3)76-70(73)64-61-58-55-52-49-46-43-41-39-36-33-31-29-26-23-20-17-14-11-8-5-2/h22,25,30,32,35,37,67H,4-21,23-24,26-29,31,33-34,36,38-66H2,1-3H3/b25-22-,32-30-,37-35-. The van der Waals surface area contributed by atoms with Crippen LogP contribution in [0.4, 0.5) is 0 Å². The first-order chi connectivity index (χ1) is 37.5. The predicted octanol–water partition coefficient (Wildman–Crippen LogP) is 23.2. The lowest BCUT2D eigenvalue weighted by Gasteiger charge is -2.18. The summed E-state index contributed by atoms with van der Waals surface area (Å²) in [6.07, 6.45) is 80.1. The molecule has 0 aliphatic rings. The van der Waals surface area contributed by atoms with E-state index in [1.165, 1.54) is 257 Å². The zero-order valence-corrected chi connectivity index (χ0v) is 51.3. The molecule has 0 N–H and O–H groups in total. The zero-order chi connectivity index (χ0) is 55.0. The fourth-order valence-corrected chi connectivity index (χ4v) is 10.3. The average molecular weight is 1070 g/mol. The maximum absolute atomic E-state index is 12.9. The molecule has 0 spiro atoms. The Morgan fingerprint density at radius 3 is 0.737 bits per heavy atom. The highest BCUT2D eigenvalue weighted by Crippen LogP contribution is 2.18. The maximum atomic E-state index is 12.9. The van der Waals surface area contributed by atoms with Gasteiger partial charge in [-0.25, -0.2) is 0 Å². The molecule has 1 atom stereocenters. The molecule has 0 aliphatic carbocycles. The molecular weight excluding hydrogens is 937 g/mol. The van der Waals surface area contributed by atoms with E-state index in [4.69, 9.17) is 14.2 Å². The van der Waals surface area contributed by atoms with Gasteiger partial charge >= 0.3 is 17.9 Å². The van der Waals surface area contributed by atoms with Gasteiger partial charge in [-0.3, -0.25) is 14.4 Å². The van der Waals surface area contributed by atoms with Crippen molar-refractivity contribution in [1.82, 2.24) is 0 Å². The van der Waals surface area contributed by atoms with E-state index in [0.29, 0.717) is 19.3 Å². The maximum Gasteiger partial charge on any atom is 0.306 e. The first-order valence-electron chi connectivity index (χ1n) is 34.0. The fraction of sp³-hybridized carbons (Fsp3) is 0.871. The minimum absolute atomic E-state index is 0.0686. The van der Waals surface area contributed by atoms with Gasteiger partial charge in [-0.2, -0.15) is 0 Å². The Labute approximate surface area is 474 Å². The minimum atomic E-state index is -0.772. The first kappa shape index (κ1) is 73.6. The Hall–Kier alpha value is -2.37. The largest absolute Gasteiger partial charge is 0.462 e. The normalized spacial score (nSPS) is 12.2. The van der Waals surface area contributed by atoms with Gasteiger partial charge in [0.05, 0.1) is 0 Å². The van der Waals surface area contributed by atoms with Crippen molar-refractivity contribution in [2.75, 3.05) is 13.2 Å². The van der Waals surface area contributed by atoms with Crippen LogP contribution in [0.25, 0.3) is 0 Å². The van der Waals surface area contributed by atoms with Crippen molar-refractivity contribution in [2.24, 2.45) is 0 Å². The Balaban J connectivity index is 4.29. The number of carbonyl (C=O) groups is 3. The van der Waals surface area contributed by atoms with Gasteiger partial charge in [-0.15, -0.1) is 0 Å². The second-order valence-electron chi connectivity index (χ2n) is 23.1. The summed E-state index contributed by atoms with van der Waals surface area (Å²) >= 11 is 0. The molecule has 1 unspecified atom stereocenters. The molecule has 0 rings (SSSR count). The monoisotopic (exact) mass is 1070 g/mol. The lowest BCUT2D eigenvalue weighted by atomic mass is 10.0. The number of unbranched alkanes of at least 4 members (excludes halogenated alkanes) is 46. The van der Waals surface area contributed by atoms with Crippen LogP contribution in [0, 0.1) is 0 Å². The quantitative estimate of drug-likeness (QED) is 0.0261. The Morgan fingerprint density at radius 1 is 0.263 bits per heavy atom. The molecule has 0 saturated carbocycles. The van der Waals surface area contributed by atoms with Gasteiger partial charge in [-0.05, 0) is 57.8 Å². The molecule has 6 nitrogen and oxygen atoms in total. The van der Waals surface area contributed by atoms with Gasteiger partial charge in [0.15, 0.2) is 6.10 Å². The van der Waals surface area contributed by atoms with Crippen molar-refractivity contribution < 1.29 is 28.6 Å². The summed E-state index contributed by atoms with van der Waals surface area (Å²) < 4.78 is 17.0. The van der Waals surface area contributed by atoms with Crippen LogP contribution in [0.2, 0.25) is 0 Å². The summed E-state index contributed by atoms with van der Waals surface area (Å²) in [6.45, 7) is 6.70. The van der Waals surface area contributed by atoms with Crippen molar-refractivity contribution >= 4 is 17.9 Å². The van der Waals surface area contributed by atoms with Crippen LogP contribution in [0.1, 0.15) is 374 Å². The highest BCUT2D eigenvalue weighted by Gasteiger charge is 2.19. The third kappa shape index (κ3) is 62.5. The Bertz CT molecular complexity index is 1270. The van der Waals surface area contributed by atoms with Crippen LogP contribution in [-0.2, 0) is 28.6 Å². The molecule has 0 aromatic carbocycles. The number of allylic oxidation sites excluding steroid dienone is 6. The molecule has 0 amide bonds. The summed E-state index contributed by atoms with van der Waals surface area (Å²) in [6, 6.07) is 0. The van der Waals surface area contributed by atoms with E-state index in [0.717, 1.165) is 77.0 Å². The van der Waals surface area contributed by atoms with Crippen LogP contribution in [0.15, 0.2) is 36.5 Å². The summed E-state index contributed by atoms with van der Waals surface area (Å²) in [4.78, 5) is 38.4. The highest BCUT2D eigenvalue weighted by molar-refractivity contribution is 5.71. The van der Waals surface area contributed by atoms with Gasteiger partial charge < -0.3 is 14.2 Å². The van der Waals surface area contributed by atoms with Gasteiger partial charge in [-0.1, -0.05) is 333 Å². The van der Waals surface area contributed by atoms with Gasteiger partial charge in [0.25, 0.3) is 0 Å². The predicted molar refractivity (Wildman–Crippen MR) is 330 cm³/mol. The molecule has 0 fully saturated rings.